The molecule has 16 heavy (non-hydrogen) atoms. The Bertz CT molecular complexity index is 336. The number of nitrogens with one attached hydrogen (secondary N) is 1. The van der Waals surface area contributed by atoms with Crippen LogP contribution in [0.1, 0.15) is 24.4 Å². The number of hydrogen-bond donors (Lipinski definition) is 2. The Hall–Kier alpha value is -0.670. The van der Waals surface area contributed by atoms with Crippen molar-refractivity contribution in [2.75, 3.05) is 18.6 Å². The Kier molecular flexibility index (Phi) is 4.13. The van der Waals surface area contributed by atoms with E-state index in [9.17, 15) is 5.11 Å². The van der Waals surface area contributed by atoms with Gasteiger partial charge in [0.25, 0.3) is 0 Å². The van der Waals surface area contributed by atoms with Crippen molar-refractivity contribution in [3.05, 3.63) is 29.8 Å². The van der Waals surface area contributed by atoms with Gasteiger partial charge in [-0.1, -0.05) is 12.1 Å². The standard InChI is InChI=1S/C13H19NOS/c1-14-13(10-5-7-16-8-6-10)11-3-2-4-12(15)9-11/h2-4,9-10,13-15H,5-8H2,1H3. The molecule has 1 unspecified atom stereocenters. The molecule has 2 nitrogen and oxygen atoms in total. The fourth-order valence-corrected chi connectivity index (χ4v) is 3.58. The first-order valence-electron chi connectivity index (χ1n) is 5.85. The molecule has 1 saturated heterocycles. The fraction of sp³-hybridized carbons (Fsp3) is 0.538. The van der Waals surface area contributed by atoms with E-state index in [0.717, 1.165) is 0 Å². The molecule has 0 radical (unpaired) electrons. The molecule has 2 N–H and O–H groups in total. The van der Waals surface area contributed by atoms with E-state index in [4.69, 9.17) is 0 Å². The molecular formula is C13H19NOS. The summed E-state index contributed by atoms with van der Waals surface area (Å²) >= 11 is 2.05. The van der Waals surface area contributed by atoms with Crippen LogP contribution in [0.3, 0.4) is 0 Å². The highest BCUT2D eigenvalue weighted by atomic mass is 32.2. The molecule has 88 valence electrons. The zero-order valence-corrected chi connectivity index (χ0v) is 10.5. The lowest BCUT2D eigenvalue weighted by Crippen LogP contribution is -2.28. The van der Waals surface area contributed by atoms with E-state index in [1.807, 2.05) is 30.9 Å². The quantitative estimate of drug-likeness (QED) is 0.848. The Morgan fingerprint density at radius 1 is 1.38 bits per heavy atom. The molecule has 0 aromatic heterocycles. The van der Waals surface area contributed by atoms with Crippen LogP contribution < -0.4 is 5.32 Å². The van der Waals surface area contributed by atoms with E-state index in [1.165, 1.54) is 29.9 Å². The van der Waals surface area contributed by atoms with Crippen LogP contribution in [0.25, 0.3) is 0 Å². The number of phenolic OH excluding ortho intramolecular Hbond substituents is 1. The van der Waals surface area contributed by atoms with Gasteiger partial charge < -0.3 is 10.4 Å². The van der Waals surface area contributed by atoms with Crippen LogP contribution >= 0.6 is 11.8 Å². The normalized spacial score (nSPS) is 19.6. The highest BCUT2D eigenvalue weighted by Gasteiger charge is 2.23. The van der Waals surface area contributed by atoms with Gasteiger partial charge in [-0.25, -0.2) is 0 Å². The lowest BCUT2D eigenvalue weighted by molar-refractivity contribution is 0.357. The molecule has 1 atom stereocenters. The Morgan fingerprint density at radius 2 is 2.12 bits per heavy atom. The molecular weight excluding hydrogens is 218 g/mol. The molecule has 0 aliphatic carbocycles. The van der Waals surface area contributed by atoms with Crippen LogP contribution in [0.2, 0.25) is 0 Å². The molecule has 2 rings (SSSR count). The predicted octanol–water partition coefficient (Wildman–Crippen LogP) is 2.80. The SMILES string of the molecule is CNC(c1cccc(O)c1)C1CCSCC1. The fourth-order valence-electron chi connectivity index (χ4n) is 2.44. The summed E-state index contributed by atoms with van der Waals surface area (Å²) in [5.41, 5.74) is 1.21. The van der Waals surface area contributed by atoms with E-state index < -0.39 is 0 Å². The largest absolute Gasteiger partial charge is 0.508 e. The van der Waals surface area contributed by atoms with E-state index >= 15 is 0 Å². The first-order valence-corrected chi connectivity index (χ1v) is 7.00. The zero-order chi connectivity index (χ0) is 11.4. The van der Waals surface area contributed by atoms with Gasteiger partial charge in [0.15, 0.2) is 0 Å². The molecule has 1 aromatic rings. The lowest BCUT2D eigenvalue weighted by atomic mass is 9.88. The third-order valence-corrected chi connectivity index (χ3v) is 4.33. The van der Waals surface area contributed by atoms with Crippen LogP contribution in [-0.4, -0.2) is 23.7 Å². The molecule has 0 saturated carbocycles. The molecule has 1 heterocycles. The second kappa shape index (κ2) is 5.60. The lowest BCUT2D eigenvalue weighted by Gasteiger charge is -2.30. The summed E-state index contributed by atoms with van der Waals surface area (Å²) in [4.78, 5) is 0. The zero-order valence-electron chi connectivity index (χ0n) is 9.65. The Labute approximate surface area is 101 Å². The summed E-state index contributed by atoms with van der Waals surface area (Å²) < 4.78 is 0. The van der Waals surface area contributed by atoms with Crippen LogP contribution in [0, 0.1) is 5.92 Å². The number of hydrogen-bond acceptors (Lipinski definition) is 3. The minimum absolute atomic E-state index is 0.364. The minimum atomic E-state index is 0.364. The summed E-state index contributed by atoms with van der Waals surface area (Å²) in [7, 11) is 2.01. The molecule has 1 aromatic carbocycles. The van der Waals surface area contributed by atoms with Crippen LogP contribution in [-0.2, 0) is 0 Å². The van der Waals surface area contributed by atoms with Crippen LogP contribution in [0.15, 0.2) is 24.3 Å². The van der Waals surface area contributed by atoms with Gasteiger partial charge in [0, 0.05) is 6.04 Å². The maximum absolute atomic E-state index is 9.52. The highest BCUT2D eigenvalue weighted by Crippen LogP contribution is 2.34. The van der Waals surface area contributed by atoms with Crippen molar-refractivity contribution in [2.24, 2.45) is 5.92 Å². The van der Waals surface area contributed by atoms with Gasteiger partial charge in [-0.2, -0.15) is 11.8 Å². The number of thioether (sulfide) groups is 1. The molecule has 1 aliphatic rings. The predicted molar refractivity (Wildman–Crippen MR) is 70.0 cm³/mol. The summed E-state index contributed by atoms with van der Waals surface area (Å²) in [5, 5.41) is 12.9. The van der Waals surface area contributed by atoms with Crippen molar-refractivity contribution in [3.8, 4) is 5.75 Å². The Morgan fingerprint density at radius 3 is 2.75 bits per heavy atom. The van der Waals surface area contributed by atoms with Crippen molar-refractivity contribution in [1.82, 2.24) is 5.32 Å². The van der Waals surface area contributed by atoms with Crippen molar-refractivity contribution in [3.63, 3.8) is 0 Å². The van der Waals surface area contributed by atoms with E-state index in [1.54, 1.807) is 6.07 Å². The second-order valence-electron chi connectivity index (χ2n) is 4.31. The van der Waals surface area contributed by atoms with Crippen molar-refractivity contribution in [1.29, 1.82) is 0 Å². The molecule has 1 aliphatic heterocycles. The summed E-state index contributed by atoms with van der Waals surface area (Å²) in [6.45, 7) is 0. The molecule has 0 spiro atoms. The molecule has 1 fully saturated rings. The highest BCUT2D eigenvalue weighted by molar-refractivity contribution is 7.99. The monoisotopic (exact) mass is 237 g/mol. The number of rotatable bonds is 3. The average Bonchev–Trinajstić information content (AvgIpc) is 2.31. The van der Waals surface area contributed by atoms with Gasteiger partial charge in [0.1, 0.15) is 5.75 Å². The van der Waals surface area contributed by atoms with Gasteiger partial charge in [-0.15, -0.1) is 0 Å². The molecule has 3 heteroatoms. The maximum Gasteiger partial charge on any atom is 0.115 e. The van der Waals surface area contributed by atoms with Gasteiger partial charge in [-0.3, -0.25) is 0 Å². The summed E-state index contributed by atoms with van der Waals surface area (Å²) in [6, 6.07) is 8.01. The van der Waals surface area contributed by atoms with E-state index in [-0.39, 0.29) is 0 Å². The summed E-state index contributed by atoms with van der Waals surface area (Å²) in [5.74, 6) is 3.60. The minimum Gasteiger partial charge on any atom is -0.508 e. The topological polar surface area (TPSA) is 32.3 Å². The van der Waals surface area contributed by atoms with Gasteiger partial charge in [0.2, 0.25) is 0 Å². The first-order chi connectivity index (χ1) is 7.81. The molecule has 0 bridgehead atoms. The maximum atomic E-state index is 9.52. The Balaban J connectivity index is 2.14. The van der Waals surface area contributed by atoms with Crippen molar-refractivity contribution >= 4 is 11.8 Å². The van der Waals surface area contributed by atoms with Gasteiger partial charge >= 0.3 is 0 Å². The van der Waals surface area contributed by atoms with Crippen LogP contribution in [0.4, 0.5) is 0 Å². The van der Waals surface area contributed by atoms with Gasteiger partial charge in [0.05, 0.1) is 0 Å². The van der Waals surface area contributed by atoms with E-state index in [0.29, 0.717) is 17.7 Å². The average molecular weight is 237 g/mol. The smallest absolute Gasteiger partial charge is 0.115 e. The number of benzene rings is 1. The third-order valence-electron chi connectivity index (χ3n) is 3.28. The van der Waals surface area contributed by atoms with E-state index in [2.05, 4.69) is 11.4 Å². The van der Waals surface area contributed by atoms with Crippen molar-refractivity contribution in [2.45, 2.75) is 18.9 Å². The first kappa shape index (κ1) is 11.8. The van der Waals surface area contributed by atoms with Gasteiger partial charge in [-0.05, 0) is 55.0 Å². The second-order valence-corrected chi connectivity index (χ2v) is 5.54. The number of aromatic hydroxyl groups is 1. The van der Waals surface area contributed by atoms with Crippen molar-refractivity contribution < 1.29 is 5.11 Å². The third kappa shape index (κ3) is 2.71. The van der Waals surface area contributed by atoms with Crippen LogP contribution in [0.5, 0.6) is 5.75 Å². The number of phenols is 1. The molecule has 0 amide bonds. The summed E-state index contributed by atoms with van der Waals surface area (Å²) in [6.07, 6.45) is 2.54.